The fourth-order valence-corrected chi connectivity index (χ4v) is 2.41. The number of hydrogen-bond donors (Lipinski definition) is 1. The van der Waals surface area contributed by atoms with Gasteiger partial charge in [0.25, 0.3) is 0 Å². The Labute approximate surface area is 109 Å². The molecule has 1 unspecified atom stereocenters. The maximum atomic E-state index is 9.66. The Hall–Kier alpha value is -1.06. The van der Waals surface area contributed by atoms with Crippen molar-refractivity contribution < 1.29 is 9.84 Å². The lowest BCUT2D eigenvalue weighted by Crippen LogP contribution is -2.36. The number of benzene rings is 1. The van der Waals surface area contributed by atoms with Gasteiger partial charge in [-0.3, -0.25) is 4.90 Å². The fraction of sp³-hybridized carbons (Fsp3) is 0.600. The summed E-state index contributed by atoms with van der Waals surface area (Å²) in [5.74, 6) is 0.908. The van der Waals surface area contributed by atoms with Gasteiger partial charge in [0.05, 0.1) is 13.2 Å². The van der Waals surface area contributed by atoms with Gasteiger partial charge in [-0.2, -0.15) is 0 Å². The lowest BCUT2D eigenvalue weighted by atomic mass is 9.91. The summed E-state index contributed by atoms with van der Waals surface area (Å²) in [5, 5.41) is 9.66. The molecular weight excluding hydrogens is 226 g/mol. The highest BCUT2D eigenvalue weighted by molar-refractivity contribution is 5.38. The minimum absolute atomic E-state index is 0.427. The Morgan fingerprint density at radius 2 is 2.17 bits per heavy atom. The molecule has 0 aromatic heterocycles. The molecular formula is C15H23NO2. The van der Waals surface area contributed by atoms with E-state index in [0.717, 1.165) is 23.4 Å². The van der Waals surface area contributed by atoms with Crippen molar-refractivity contribution >= 4 is 0 Å². The molecule has 2 rings (SSSR count). The van der Waals surface area contributed by atoms with Crippen molar-refractivity contribution in [1.82, 2.24) is 4.90 Å². The summed E-state index contributed by atoms with van der Waals surface area (Å²) >= 11 is 0. The van der Waals surface area contributed by atoms with E-state index in [1.165, 1.54) is 19.3 Å². The van der Waals surface area contributed by atoms with E-state index >= 15 is 0 Å². The van der Waals surface area contributed by atoms with Crippen molar-refractivity contribution in [2.45, 2.75) is 44.9 Å². The fourth-order valence-electron chi connectivity index (χ4n) is 2.41. The molecule has 3 heteroatoms. The summed E-state index contributed by atoms with van der Waals surface area (Å²) in [6.45, 7) is 2.68. The van der Waals surface area contributed by atoms with E-state index in [-0.39, 0.29) is 0 Å². The Kier molecular flexibility index (Phi) is 4.25. The van der Waals surface area contributed by atoms with Gasteiger partial charge in [0, 0.05) is 18.2 Å². The molecule has 0 radical (unpaired) electrons. The second-order valence-corrected chi connectivity index (χ2v) is 5.25. The van der Waals surface area contributed by atoms with Crippen molar-refractivity contribution in [1.29, 1.82) is 0 Å². The summed E-state index contributed by atoms with van der Waals surface area (Å²) in [7, 11) is 3.86. The Bertz CT molecular complexity index is 399. The average molecular weight is 249 g/mol. The number of rotatable bonds is 5. The minimum atomic E-state index is -0.427. The zero-order valence-electron chi connectivity index (χ0n) is 11.5. The highest BCUT2D eigenvalue weighted by Crippen LogP contribution is 2.28. The normalized spacial score (nSPS) is 17.6. The maximum absolute atomic E-state index is 9.66. The summed E-state index contributed by atoms with van der Waals surface area (Å²) in [6.07, 6.45) is 3.52. The first-order valence-corrected chi connectivity index (χ1v) is 6.67. The van der Waals surface area contributed by atoms with Crippen LogP contribution in [0.25, 0.3) is 0 Å². The van der Waals surface area contributed by atoms with Crippen LogP contribution >= 0.6 is 0 Å². The Morgan fingerprint density at radius 3 is 2.67 bits per heavy atom. The molecule has 1 N–H and O–H groups in total. The molecule has 0 spiro atoms. The van der Waals surface area contributed by atoms with Gasteiger partial charge in [0.15, 0.2) is 0 Å². The van der Waals surface area contributed by atoms with Crippen LogP contribution < -0.4 is 4.74 Å². The topological polar surface area (TPSA) is 32.7 Å². The van der Waals surface area contributed by atoms with Crippen molar-refractivity contribution in [3.63, 3.8) is 0 Å². The van der Waals surface area contributed by atoms with Crippen LogP contribution in [-0.4, -0.2) is 30.2 Å². The Morgan fingerprint density at radius 1 is 1.44 bits per heavy atom. The zero-order chi connectivity index (χ0) is 13.1. The third kappa shape index (κ3) is 2.85. The summed E-state index contributed by atoms with van der Waals surface area (Å²) in [5.41, 5.74) is 2.11. The van der Waals surface area contributed by atoms with Gasteiger partial charge in [-0.1, -0.05) is 12.5 Å². The highest BCUT2D eigenvalue weighted by Gasteiger charge is 2.22. The van der Waals surface area contributed by atoms with Crippen molar-refractivity contribution in [2.24, 2.45) is 0 Å². The van der Waals surface area contributed by atoms with E-state index < -0.39 is 6.10 Å². The molecule has 0 saturated heterocycles. The quantitative estimate of drug-likeness (QED) is 0.871. The molecule has 1 fully saturated rings. The number of nitrogens with zero attached hydrogens (tertiary/aromatic N) is 1. The monoisotopic (exact) mass is 249 g/mol. The van der Waals surface area contributed by atoms with E-state index in [4.69, 9.17) is 4.74 Å². The average Bonchev–Trinajstić information content (AvgIpc) is 2.26. The molecule has 100 valence electrons. The van der Waals surface area contributed by atoms with Crippen molar-refractivity contribution in [3.05, 3.63) is 29.3 Å². The van der Waals surface area contributed by atoms with Gasteiger partial charge in [-0.05, 0) is 44.5 Å². The van der Waals surface area contributed by atoms with Gasteiger partial charge in [0.2, 0.25) is 0 Å². The molecule has 0 bridgehead atoms. The van der Waals surface area contributed by atoms with E-state index in [1.807, 2.05) is 12.1 Å². The summed E-state index contributed by atoms with van der Waals surface area (Å²) in [4.78, 5) is 2.38. The van der Waals surface area contributed by atoms with Crippen LogP contribution in [0.5, 0.6) is 5.75 Å². The van der Waals surface area contributed by atoms with Crippen molar-refractivity contribution in [3.8, 4) is 5.75 Å². The van der Waals surface area contributed by atoms with E-state index in [9.17, 15) is 5.11 Å². The van der Waals surface area contributed by atoms with E-state index in [0.29, 0.717) is 6.04 Å². The molecule has 1 aromatic rings. The van der Waals surface area contributed by atoms with Crippen molar-refractivity contribution in [2.75, 3.05) is 14.2 Å². The van der Waals surface area contributed by atoms with Crippen LogP contribution in [0.3, 0.4) is 0 Å². The lowest BCUT2D eigenvalue weighted by molar-refractivity contribution is 0.151. The summed E-state index contributed by atoms with van der Waals surface area (Å²) in [6, 6.07) is 6.64. The molecule has 1 aliphatic rings. The first-order chi connectivity index (χ1) is 8.61. The number of aliphatic hydroxyl groups excluding tert-OH is 1. The van der Waals surface area contributed by atoms with Crippen LogP contribution in [0.2, 0.25) is 0 Å². The second-order valence-electron chi connectivity index (χ2n) is 5.25. The third-order valence-corrected chi connectivity index (χ3v) is 3.90. The summed E-state index contributed by atoms with van der Waals surface area (Å²) < 4.78 is 5.40. The molecule has 1 saturated carbocycles. The van der Waals surface area contributed by atoms with Gasteiger partial charge in [-0.15, -0.1) is 0 Å². The van der Waals surface area contributed by atoms with Crippen LogP contribution in [-0.2, 0) is 6.54 Å². The van der Waals surface area contributed by atoms with E-state index in [2.05, 4.69) is 18.0 Å². The van der Waals surface area contributed by atoms with E-state index in [1.54, 1.807) is 14.0 Å². The molecule has 0 heterocycles. The standard InChI is InChI=1S/C15H23NO2/c1-11(17)12-7-8-15(18-3)13(9-12)10-16(2)14-5-4-6-14/h7-9,11,14,17H,4-6,10H2,1-3H3. The first-order valence-electron chi connectivity index (χ1n) is 6.67. The van der Waals surface area contributed by atoms with Gasteiger partial charge in [0.1, 0.15) is 5.75 Å². The van der Waals surface area contributed by atoms with Gasteiger partial charge < -0.3 is 9.84 Å². The molecule has 1 aromatic carbocycles. The Balaban J connectivity index is 2.15. The third-order valence-electron chi connectivity index (χ3n) is 3.90. The lowest BCUT2D eigenvalue weighted by Gasteiger charge is -2.35. The largest absolute Gasteiger partial charge is 0.496 e. The van der Waals surface area contributed by atoms with Crippen LogP contribution in [0, 0.1) is 0 Å². The second kappa shape index (κ2) is 5.72. The molecule has 0 aliphatic heterocycles. The highest BCUT2D eigenvalue weighted by atomic mass is 16.5. The number of aliphatic hydroxyl groups is 1. The van der Waals surface area contributed by atoms with Crippen LogP contribution in [0.15, 0.2) is 18.2 Å². The van der Waals surface area contributed by atoms with Crippen LogP contribution in [0.1, 0.15) is 43.4 Å². The molecule has 0 amide bonds. The predicted molar refractivity (Wildman–Crippen MR) is 72.7 cm³/mol. The number of ether oxygens (including phenoxy) is 1. The zero-order valence-corrected chi connectivity index (χ0v) is 11.5. The minimum Gasteiger partial charge on any atom is -0.496 e. The molecule has 1 aliphatic carbocycles. The molecule has 18 heavy (non-hydrogen) atoms. The van der Waals surface area contributed by atoms with Crippen LogP contribution in [0.4, 0.5) is 0 Å². The SMILES string of the molecule is COc1ccc(C(C)O)cc1CN(C)C1CCC1. The van der Waals surface area contributed by atoms with Gasteiger partial charge in [-0.25, -0.2) is 0 Å². The molecule has 3 nitrogen and oxygen atoms in total. The number of hydrogen-bond acceptors (Lipinski definition) is 3. The smallest absolute Gasteiger partial charge is 0.123 e. The maximum Gasteiger partial charge on any atom is 0.123 e. The number of methoxy groups -OCH3 is 1. The predicted octanol–water partition coefficient (Wildman–Crippen LogP) is 2.73. The first kappa shape index (κ1) is 13.4. The molecule has 1 atom stereocenters. The van der Waals surface area contributed by atoms with Gasteiger partial charge >= 0.3 is 0 Å².